The van der Waals surface area contributed by atoms with Crippen molar-refractivity contribution < 1.29 is 9.18 Å². The molecule has 2 aliphatic heterocycles. The molecule has 0 radical (unpaired) electrons. The van der Waals surface area contributed by atoms with Crippen molar-refractivity contribution in [3.8, 4) is 0 Å². The van der Waals surface area contributed by atoms with Crippen LogP contribution in [0.3, 0.4) is 0 Å². The van der Waals surface area contributed by atoms with E-state index in [1.807, 2.05) is 6.92 Å². The predicted octanol–water partition coefficient (Wildman–Crippen LogP) is 2.26. The summed E-state index contributed by atoms with van der Waals surface area (Å²) in [6, 6.07) is 5.89. The number of fused-ring (bicyclic) bond motifs is 1. The molecule has 0 saturated carbocycles. The minimum Gasteiger partial charge on any atom is -0.354 e. The van der Waals surface area contributed by atoms with Crippen molar-refractivity contribution in [3.63, 3.8) is 0 Å². The summed E-state index contributed by atoms with van der Waals surface area (Å²) in [5, 5.41) is 0. The summed E-state index contributed by atoms with van der Waals surface area (Å²) in [6.45, 7) is 10.1. The molecule has 2 aliphatic rings. The van der Waals surface area contributed by atoms with Crippen LogP contribution < -0.4 is 4.90 Å². The van der Waals surface area contributed by atoms with Gasteiger partial charge in [0.15, 0.2) is 0 Å². The molecular weight excluding hydrogens is 357 g/mol. The van der Waals surface area contributed by atoms with Crippen LogP contribution in [-0.4, -0.2) is 64.9 Å². The van der Waals surface area contributed by atoms with Crippen molar-refractivity contribution in [3.05, 3.63) is 52.7 Å². The summed E-state index contributed by atoms with van der Waals surface area (Å²) in [4.78, 5) is 28.8. The van der Waals surface area contributed by atoms with E-state index in [0.29, 0.717) is 25.1 Å². The fourth-order valence-corrected chi connectivity index (χ4v) is 4.03. The zero-order valence-electron chi connectivity index (χ0n) is 16.5. The standard InChI is InChI=1S/C21H26FN5O/c1-3-25-9-11-26(12-10-25)20-18-14-27(8-7-19(18)23-15(2)24-20)21(28)16-5-4-6-17(22)13-16/h4-6,13H,3,7-12,14H2,1-2H3. The van der Waals surface area contributed by atoms with Crippen molar-refractivity contribution in [2.45, 2.75) is 26.8 Å². The average molecular weight is 383 g/mol. The van der Waals surface area contributed by atoms with Crippen molar-refractivity contribution in [1.82, 2.24) is 19.8 Å². The van der Waals surface area contributed by atoms with E-state index in [-0.39, 0.29) is 5.91 Å². The van der Waals surface area contributed by atoms with Crippen LogP contribution in [0.25, 0.3) is 0 Å². The Hall–Kier alpha value is -2.54. The Bertz CT molecular complexity index is 879. The Morgan fingerprint density at radius 2 is 1.93 bits per heavy atom. The normalized spacial score (nSPS) is 17.5. The third-order valence-corrected chi connectivity index (χ3v) is 5.63. The number of aromatic nitrogens is 2. The van der Waals surface area contributed by atoms with Crippen molar-refractivity contribution >= 4 is 11.7 Å². The Morgan fingerprint density at radius 1 is 1.14 bits per heavy atom. The van der Waals surface area contributed by atoms with Crippen LogP contribution in [0.1, 0.15) is 34.4 Å². The fourth-order valence-electron chi connectivity index (χ4n) is 4.03. The molecule has 0 aliphatic carbocycles. The Kier molecular flexibility index (Phi) is 5.26. The number of aryl methyl sites for hydroxylation is 1. The first-order chi connectivity index (χ1) is 13.5. The first-order valence-corrected chi connectivity index (χ1v) is 9.93. The molecule has 148 valence electrons. The van der Waals surface area contributed by atoms with Gasteiger partial charge in [0.05, 0.1) is 12.2 Å². The van der Waals surface area contributed by atoms with Gasteiger partial charge in [-0.25, -0.2) is 14.4 Å². The minimum atomic E-state index is -0.392. The summed E-state index contributed by atoms with van der Waals surface area (Å²) < 4.78 is 13.5. The van der Waals surface area contributed by atoms with E-state index in [1.54, 1.807) is 17.0 Å². The Balaban J connectivity index is 1.60. The van der Waals surface area contributed by atoms with E-state index < -0.39 is 5.82 Å². The molecule has 0 unspecified atom stereocenters. The molecule has 0 N–H and O–H groups in total. The van der Waals surface area contributed by atoms with Gasteiger partial charge in [0, 0.05) is 50.3 Å². The fraction of sp³-hybridized carbons (Fsp3) is 0.476. The Labute approximate surface area is 165 Å². The van der Waals surface area contributed by atoms with Gasteiger partial charge in [-0.15, -0.1) is 0 Å². The third kappa shape index (κ3) is 3.71. The molecule has 1 aromatic carbocycles. The van der Waals surface area contributed by atoms with Crippen LogP contribution in [0.4, 0.5) is 10.2 Å². The quantitative estimate of drug-likeness (QED) is 0.814. The number of anilines is 1. The van der Waals surface area contributed by atoms with Crippen LogP contribution in [0.15, 0.2) is 24.3 Å². The number of hydrogen-bond donors (Lipinski definition) is 0. The van der Waals surface area contributed by atoms with E-state index in [4.69, 9.17) is 4.98 Å². The van der Waals surface area contributed by atoms with E-state index in [1.165, 1.54) is 12.1 Å². The predicted molar refractivity (Wildman–Crippen MR) is 106 cm³/mol. The van der Waals surface area contributed by atoms with Gasteiger partial charge in [-0.1, -0.05) is 13.0 Å². The second-order valence-electron chi connectivity index (χ2n) is 7.43. The molecule has 1 aromatic heterocycles. The molecular formula is C21H26FN5O. The monoisotopic (exact) mass is 383 g/mol. The lowest BCUT2D eigenvalue weighted by Crippen LogP contribution is -2.47. The van der Waals surface area contributed by atoms with Crippen LogP contribution >= 0.6 is 0 Å². The molecule has 3 heterocycles. The number of likely N-dealkylation sites (N-methyl/N-ethyl adjacent to an activating group) is 1. The summed E-state index contributed by atoms with van der Waals surface area (Å²) >= 11 is 0. The van der Waals surface area contributed by atoms with Gasteiger partial charge in [0.1, 0.15) is 17.5 Å². The molecule has 0 atom stereocenters. The van der Waals surface area contributed by atoms with Gasteiger partial charge < -0.3 is 14.7 Å². The summed E-state index contributed by atoms with van der Waals surface area (Å²) in [7, 11) is 0. The maximum atomic E-state index is 13.5. The highest BCUT2D eigenvalue weighted by Crippen LogP contribution is 2.28. The average Bonchev–Trinajstić information content (AvgIpc) is 2.72. The van der Waals surface area contributed by atoms with Crippen LogP contribution in [-0.2, 0) is 13.0 Å². The zero-order valence-corrected chi connectivity index (χ0v) is 16.5. The maximum absolute atomic E-state index is 13.5. The van der Waals surface area contributed by atoms with Gasteiger partial charge in [0.25, 0.3) is 5.91 Å². The van der Waals surface area contributed by atoms with Gasteiger partial charge in [-0.2, -0.15) is 0 Å². The summed E-state index contributed by atoms with van der Waals surface area (Å²) in [5.41, 5.74) is 2.45. The molecule has 1 fully saturated rings. The molecule has 1 amide bonds. The first-order valence-electron chi connectivity index (χ1n) is 9.93. The lowest BCUT2D eigenvalue weighted by atomic mass is 10.0. The van der Waals surface area contributed by atoms with Crippen molar-refractivity contribution in [2.24, 2.45) is 0 Å². The van der Waals surface area contributed by atoms with E-state index in [2.05, 4.69) is 21.7 Å². The molecule has 7 heteroatoms. The number of carbonyl (C=O) groups excluding carboxylic acids is 1. The number of amides is 1. The van der Waals surface area contributed by atoms with E-state index >= 15 is 0 Å². The van der Waals surface area contributed by atoms with Gasteiger partial charge in [-0.05, 0) is 31.7 Å². The van der Waals surface area contributed by atoms with Gasteiger partial charge in [0.2, 0.25) is 0 Å². The number of halogens is 1. The second kappa shape index (κ2) is 7.83. The smallest absolute Gasteiger partial charge is 0.254 e. The number of rotatable bonds is 3. The molecule has 6 nitrogen and oxygen atoms in total. The highest BCUT2D eigenvalue weighted by molar-refractivity contribution is 5.94. The topological polar surface area (TPSA) is 52.6 Å². The number of benzene rings is 1. The Morgan fingerprint density at radius 3 is 2.64 bits per heavy atom. The molecule has 1 saturated heterocycles. The number of piperazine rings is 1. The lowest BCUT2D eigenvalue weighted by Gasteiger charge is -2.37. The third-order valence-electron chi connectivity index (χ3n) is 5.63. The molecule has 4 rings (SSSR count). The largest absolute Gasteiger partial charge is 0.354 e. The van der Waals surface area contributed by atoms with Crippen molar-refractivity contribution in [1.29, 1.82) is 0 Å². The van der Waals surface area contributed by atoms with Crippen LogP contribution in [0, 0.1) is 12.7 Å². The van der Waals surface area contributed by atoms with Gasteiger partial charge >= 0.3 is 0 Å². The SMILES string of the molecule is CCN1CCN(c2nc(C)nc3c2CN(C(=O)c2cccc(F)c2)CC3)CC1. The highest BCUT2D eigenvalue weighted by Gasteiger charge is 2.29. The molecule has 2 aromatic rings. The highest BCUT2D eigenvalue weighted by atomic mass is 19.1. The van der Waals surface area contributed by atoms with Crippen LogP contribution in [0.2, 0.25) is 0 Å². The molecule has 0 bridgehead atoms. The van der Waals surface area contributed by atoms with Gasteiger partial charge in [-0.3, -0.25) is 4.79 Å². The summed E-state index contributed by atoms with van der Waals surface area (Å²) in [5.74, 6) is 1.19. The summed E-state index contributed by atoms with van der Waals surface area (Å²) in [6.07, 6.45) is 0.696. The lowest BCUT2D eigenvalue weighted by molar-refractivity contribution is 0.0733. The zero-order chi connectivity index (χ0) is 19.7. The first kappa shape index (κ1) is 18.8. The molecule has 0 spiro atoms. The number of carbonyl (C=O) groups is 1. The second-order valence-corrected chi connectivity index (χ2v) is 7.43. The number of nitrogens with zero attached hydrogens (tertiary/aromatic N) is 5. The number of hydrogen-bond acceptors (Lipinski definition) is 5. The minimum absolute atomic E-state index is 0.146. The maximum Gasteiger partial charge on any atom is 0.254 e. The van der Waals surface area contributed by atoms with Crippen LogP contribution in [0.5, 0.6) is 0 Å². The van der Waals surface area contributed by atoms with E-state index in [0.717, 1.165) is 55.6 Å². The molecule has 28 heavy (non-hydrogen) atoms. The van der Waals surface area contributed by atoms with Crippen molar-refractivity contribution in [2.75, 3.05) is 44.2 Å². The van der Waals surface area contributed by atoms with E-state index in [9.17, 15) is 9.18 Å².